The zero-order chi connectivity index (χ0) is 15.4. The molecule has 1 aromatic heterocycles. The number of hydrogen-bond acceptors (Lipinski definition) is 3. The smallest absolute Gasteiger partial charge is 0.230 e. The van der Waals surface area contributed by atoms with Crippen molar-refractivity contribution in [2.45, 2.75) is 31.1 Å². The minimum absolute atomic E-state index is 0.0274. The van der Waals surface area contributed by atoms with Crippen LogP contribution in [0, 0.1) is 0 Å². The topological polar surface area (TPSA) is 57.8 Å². The summed E-state index contributed by atoms with van der Waals surface area (Å²) in [5, 5.41) is 10.9. The van der Waals surface area contributed by atoms with Crippen LogP contribution in [0.2, 0.25) is 5.02 Å². The Morgan fingerprint density at radius 3 is 3.00 bits per heavy atom. The molecule has 0 bridgehead atoms. The number of thioether (sulfide) groups is 1. The summed E-state index contributed by atoms with van der Waals surface area (Å²) >= 11 is 7.65. The number of aromatic amines is 1. The quantitative estimate of drug-likeness (QED) is 0.814. The number of halogens is 1. The molecule has 2 aromatic rings. The Balaban J connectivity index is 1.38. The maximum Gasteiger partial charge on any atom is 0.230 e. The van der Waals surface area contributed by atoms with Gasteiger partial charge in [-0.15, -0.1) is 11.8 Å². The third kappa shape index (κ3) is 4.27. The van der Waals surface area contributed by atoms with Crippen LogP contribution < -0.4 is 5.32 Å². The maximum atomic E-state index is 11.8. The maximum absolute atomic E-state index is 11.8. The number of hydrogen-bond donors (Lipinski definition) is 2. The first-order chi connectivity index (χ1) is 10.7. The fourth-order valence-electron chi connectivity index (χ4n) is 2.17. The van der Waals surface area contributed by atoms with Gasteiger partial charge in [-0.3, -0.25) is 9.89 Å². The highest BCUT2D eigenvalue weighted by Crippen LogP contribution is 2.38. The summed E-state index contributed by atoms with van der Waals surface area (Å²) in [6.07, 6.45) is 2.46. The number of carbonyl (C=O) groups is 1. The molecule has 0 radical (unpaired) electrons. The number of amides is 1. The molecule has 1 fully saturated rings. The van der Waals surface area contributed by atoms with Crippen LogP contribution in [0.3, 0.4) is 0 Å². The van der Waals surface area contributed by atoms with Gasteiger partial charge in [0.2, 0.25) is 5.91 Å². The monoisotopic (exact) mass is 335 g/mol. The van der Waals surface area contributed by atoms with E-state index in [1.165, 1.54) is 12.8 Å². The molecule has 1 aromatic carbocycles. The summed E-state index contributed by atoms with van der Waals surface area (Å²) in [5.74, 6) is 1.82. The minimum Gasteiger partial charge on any atom is -0.350 e. The Hall–Kier alpha value is -1.46. The molecule has 1 aliphatic rings. The van der Waals surface area contributed by atoms with E-state index in [2.05, 4.69) is 21.6 Å². The lowest BCUT2D eigenvalue weighted by atomic mass is 10.2. The van der Waals surface area contributed by atoms with Gasteiger partial charge in [-0.05, 0) is 30.5 Å². The molecule has 0 aliphatic heterocycles. The second kappa shape index (κ2) is 7.20. The summed E-state index contributed by atoms with van der Waals surface area (Å²) in [5.41, 5.74) is 3.15. The minimum atomic E-state index is 0.0274. The van der Waals surface area contributed by atoms with E-state index in [0.29, 0.717) is 18.2 Å². The molecule has 4 nitrogen and oxygen atoms in total. The largest absolute Gasteiger partial charge is 0.350 e. The highest BCUT2D eigenvalue weighted by Gasteiger charge is 2.25. The Labute approximate surface area is 139 Å². The van der Waals surface area contributed by atoms with Gasteiger partial charge in [-0.25, -0.2) is 0 Å². The summed E-state index contributed by atoms with van der Waals surface area (Å²) in [6.45, 7) is 0.505. The highest BCUT2D eigenvalue weighted by molar-refractivity contribution is 7.99. The van der Waals surface area contributed by atoms with E-state index >= 15 is 0 Å². The fourth-order valence-corrected chi connectivity index (χ4v) is 3.32. The number of benzene rings is 1. The molecule has 2 N–H and O–H groups in total. The summed E-state index contributed by atoms with van der Waals surface area (Å²) < 4.78 is 0. The van der Waals surface area contributed by atoms with Crippen molar-refractivity contribution < 1.29 is 4.79 Å². The average Bonchev–Trinajstić information content (AvgIpc) is 3.26. The van der Waals surface area contributed by atoms with E-state index in [1.54, 1.807) is 11.8 Å². The van der Waals surface area contributed by atoms with Crippen molar-refractivity contribution in [1.29, 1.82) is 0 Å². The predicted molar refractivity (Wildman–Crippen MR) is 90.0 cm³/mol. The number of rotatable bonds is 7. The van der Waals surface area contributed by atoms with Crippen LogP contribution in [0.15, 0.2) is 30.3 Å². The summed E-state index contributed by atoms with van der Waals surface area (Å²) in [4.78, 5) is 11.8. The van der Waals surface area contributed by atoms with Gasteiger partial charge in [0.25, 0.3) is 0 Å². The average molecular weight is 336 g/mol. The predicted octanol–water partition coefficient (Wildman–Crippen LogP) is 3.49. The van der Waals surface area contributed by atoms with Crippen molar-refractivity contribution in [2.24, 2.45) is 0 Å². The lowest BCUT2D eigenvalue weighted by molar-refractivity contribution is -0.118. The number of H-pyrrole nitrogens is 1. The van der Waals surface area contributed by atoms with E-state index < -0.39 is 0 Å². The molecule has 1 amide bonds. The van der Waals surface area contributed by atoms with Crippen molar-refractivity contribution in [3.05, 3.63) is 52.3 Å². The van der Waals surface area contributed by atoms with Gasteiger partial charge < -0.3 is 5.32 Å². The van der Waals surface area contributed by atoms with Gasteiger partial charge in [-0.2, -0.15) is 5.10 Å². The molecule has 1 aliphatic carbocycles. The molecule has 22 heavy (non-hydrogen) atoms. The van der Waals surface area contributed by atoms with Crippen molar-refractivity contribution in [3.8, 4) is 0 Å². The van der Waals surface area contributed by atoms with Gasteiger partial charge in [-0.1, -0.05) is 29.8 Å². The molecule has 3 rings (SSSR count). The van der Waals surface area contributed by atoms with Crippen LogP contribution in [-0.4, -0.2) is 21.9 Å². The Morgan fingerprint density at radius 1 is 1.41 bits per heavy atom. The van der Waals surface area contributed by atoms with E-state index in [4.69, 9.17) is 11.6 Å². The molecule has 0 spiro atoms. The third-order valence-electron chi connectivity index (χ3n) is 3.57. The van der Waals surface area contributed by atoms with E-state index in [1.807, 2.05) is 24.3 Å². The van der Waals surface area contributed by atoms with E-state index in [9.17, 15) is 4.79 Å². The zero-order valence-corrected chi connectivity index (χ0v) is 13.7. The van der Waals surface area contributed by atoms with E-state index in [-0.39, 0.29) is 5.91 Å². The number of nitrogens with zero attached hydrogens (tertiary/aromatic N) is 1. The standard InChI is InChI=1S/C16H18ClN3OS/c17-14-4-2-1-3-12(14)9-22-10-16(21)18-8-13-7-15(20-19-13)11-5-6-11/h1-4,7,11H,5-6,8-10H2,(H,18,21)(H,19,20). The summed E-state index contributed by atoms with van der Waals surface area (Å²) in [6, 6.07) is 9.76. The molecule has 0 unspecified atom stereocenters. The SMILES string of the molecule is O=C(CSCc1ccccc1Cl)NCc1cc(C2CC2)n[nH]1. The Kier molecular flexibility index (Phi) is 5.05. The highest BCUT2D eigenvalue weighted by atomic mass is 35.5. The Bertz CT molecular complexity index is 654. The van der Waals surface area contributed by atoms with Crippen LogP contribution in [0.1, 0.15) is 35.7 Å². The van der Waals surface area contributed by atoms with Crippen molar-refractivity contribution in [2.75, 3.05) is 5.75 Å². The molecule has 1 saturated carbocycles. The summed E-state index contributed by atoms with van der Waals surface area (Å²) in [7, 11) is 0. The van der Waals surface area contributed by atoms with Crippen LogP contribution in [0.25, 0.3) is 0 Å². The first-order valence-corrected chi connectivity index (χ1v) is 8.87. The molecular weight excluding hydrogens is 318 g/mol. The third-order valence-corrected chi connectivity index (χ3v) is 4.92. The van der Waals surface area contributed by atoms with Crippen LogP contribution >= 0.6 is 23.4 Å². The second-order valence-electron chi connectivity index (χ2n) is 5.45. The van der Waals surface area contributed by atoms with Crippen LogP contribution in [0.4, 0.5) is 0 Å². The van der Waals surface area contributed by atoms with Crippen molar-refractivity contribution in [1.82, 2.24) is 15.5 Å². The lowest BCUT2D eigenvalue weighted by Crippen LogP contribution is -2.24. The first kappa shape index (κ1) is 15.4. The molecule has 6 heteroatoms. The zero-order valence-electron chi connectivity index (χ0n) is 12.1. The Morgan fingerprint density at radius 2 is 2.23 bits per heavy atom. The molecular formula is C16H18ClN3OS. The molecule has 1 heterocycles. The fraction of sp³-hybridized carbons (Fsp3) is 0.375. The first-order valence-electron chi connectivity index (χ1n) is 7.34. The number of aromatic nitrogens is 2. The number of carbonyl (C=O) groups excluding carboxylic acids is 1. The van der Waals surface area contributed by atoms with Crippen molar-refractivity contribution in [3.63, 3.8) is 0 Å². The molecule has 0 saturated heterocycles. The van der Waals surface area contributed by atoms with Gasteiger partial charge in [0.15, 0.2) is 0 Å². The second-order valence-corrected chi connectivity index (χ2v) is 6.85. The van der Waals surface area contributed by atoms with Gasteiger partial charge in [0.1, 0.15) is 0 Å². The van der Waals surface area contributed by atoms with Gasteiger partial charge in [0, 0.05) is 16.7 Å². The van der Waals surface area contributed by atoms with Crippen LogP contribution in [-0.2, 0) is 17.1 Å². The molecule has 0 atom stereocenters. The van der Waals surface area contributed by atoms with Gasteiger partial charge in [0.05, 0.1) is 23.7 Å². The number of nitrogens with one attached hydrogen (secondary N) is 2. The normalized spacial score (nSPS) is 14.0. The molecule has 116 valence electrons. The van der Waals surface area contributed by atoms with Gasteiger partial charge >= 0.3 is 0 Å². The lowest BCUT2D eigenvalue weighted by Gasteiger charge is -2.05. The van der Waals surface area contributed by atoms with E-state index in [0.717, 1.165) is 27.7 Å². The van der Waals surface area contributed by atoms with Crippen molar-refractivity contribution >= 4 is 29.3 Å². The van der Waals surface area contributed by atoms with Crippen LogP contribution in [0.5, 0.6) is 0 Å².